The van der Waals surface area contributed by atoms with Crippen molar-refractivity contribution >= 4 is 5.91 Å². The van der Waals surface area contributed by atoms with Gasteiger partial charge >= 0.3 is 6.18 Å². The molecule has 0 aliphatic heterocycles. The van der Waals surface area contributed by atoms with Crippen LogP contribution in [0.3, 0.4) is 0 Å². The molecular weight excluding hydrogens is 427 g/mol. The molecule has 0 bridgehead atoms. The predicted octanol–water partition coefficient (Wildman–Crippen LogP) is 3.13. The molecule has 168 valence electrons. The van der Waals surface area contributed by atoms with E-state index in [0.717, 1.165) is 16.8 Å². The van der Waals surface area contributed by atoms with Crippen LogP contribution in [-0.2, 0) is 17.5 Å². The molecule has 1 aromatic heterocycles. The van der Waals surface area contributed by atoms with E-state index in [1.807, 2.05) is 0 Å². The zero-order chi connectivity index (χ0) is 23.1. The molecule has 2 aromatic carbocycles. The quantitative estimate of drug-likeness (QED) is 0.537. The average Bonchev–Trinajstić information content (AvgIpc) is 2.78. The summed E-state index contributed by atoms with van der Waals surface area (Å²) in [5.41, 5.74) is -0.0652. The second-order valence-electron chi connectivity index (χ2n) is 6.67. The number of methoxy groups -OCH3 is 1. The number of nitrogens with zero attached hydrogens (tertiary/aromatic N) is 2. The van der Waals surface area contributed by atoms with Gasteiger partial charge in [-0.05, 0) is 36.4 Å². The highest BCUT2D eigenvalue weighted by Gasteiger charge is 2.30. The summed E-state index contributed by atoms with van der Waals surface area (Å²) in [4.78, 5) is 24.2. The molecular formula is C22H20F3N3O4. The third-order valence-electron chi connectivity index (χ3n) is 4.38. The van der Waals surface area contributed by atoms with Gasteiger partial charge in [-0.15, -0.1) is 0 Å². The number of nitrogens with one attached hydrogen (secondary N) is 1. The van der Waals surface area contributed by atoms with Gasteiger partial charge in [0.1, 0.15) is 24.7 Å². The number of amides is 1. The number of benzene rings is 2. The highest BCUT2D eigenvalue weighted by atomic mass is 19.4. The van der Waals surface area contributed by atoms with Crippen LogP contribution in [0, 0.1) is 0 Å². The number of alkyl halides is 3. The molecule has 32 heavy (non-hydrogen) atoms. The van der Waals surface area contributed by atoms with Crippen LogP contribution in [0.4, 0.5) is 13.2 Å². The van der Waals surface area contributed by atoms with Crippen LogP contribution in [0.1, 0.15) is 5.56 Å². The number of rotatable bonds is 8. The minimum absolute atomic E-state index is 0.0398. The highest BCUT2D eigenvalue weighted by Crippen LogP contribution is 2.31. The fourth-order valence-corrected chi connectivity index (χ4v) is 2.81. The Morgan fingerprint density at radius 1 is 1.06 bits per heavy atom. The summed E-state index contributed by atoms with van der Waals surface area (Å²) in [5.74, 6) is 0.175. The molecule has 0 saturated heterocycles. The van der Waals surface area contributed by atoms with Crippen molar-refractivity contribution in [2.24, 2.45) is 0 Å². The van der Waals surface area contributed by atoms with Crippen molar-refractivity contribution in [1.29, 1.82) is 0 Å². The number of carbonyl (C=O) groups is 1. The summed E-state index contributed by atoms with van der Waals surface area (Å²) in [5, 5.41) is 6.76. The summed E-state index contributed by atoms with van der Waals surface area (Å²) in [6.45, 7) is -0.321. The first-order valence-electron chi connectivity index (χ1n) is 9.55. The summed E-state index contributed by atoms with van der Waals surface area (Å²) >= 11 is 0. The number of carbonyl (C=O) groups excluding carboxylic acids is 1. The topological polar surface area (TPSA) is 82.5 Å². The van der Waals surface area contributed by atoms with Gasteiger partial charge in [-0.25, -0.2) is 4.68 Å². The number of ether oxygens (including phenoxy) is 2. The minimum Gasteiger partial charge on any atom is -0.497 e. The Bertz CT molecular complexity index is 1150. The van der Waals surface area contributed by atoms with Gasteiger partial charge in [-0.3, -0.25) is 9.59 Å². The van der Waals surface area contributed by atoms with Gasteiger partial charge in [-0.2, -0.15) is 18.3 Å². The van der Waals surface area contributed by atoms with E-state index < -0.39 is 23.2 Å². The van der Waals surface area contributed by atoms with Crippen LogP contribution in [0.5, 0.6) is 11.5 Å². The van der Waals surface area contributed by atoms with Crippen LogP contribution in [-0.4, -0.2) is 35.9 Å². The van der Waals surface area contributed by atoms with E-state index in [0.29, 0.717) is 17.0 Å². The van der Waals surface area contributed by atoms with E-state index in [1.165, 1.54) is 25.3 Å². The van der Waals surface area contributed by atoms with Gasteiger partial charge in [0, 0.05) is 11.6 Å². The molecule has 0 spiro atoms. The maximum absolute atomic E-state index is 12.7. The van der Waals surface area contributed by atoms with Gasteiger partial charge < -0.3 is 14.8 Å². The zero-order valence-electron chi connectivity index (χ0n) is 17.1. The van der Waals surface area contributed by atoms with Crippen molar-refractivity contribution in [2.45, 2.75) is 12.7 Å². The molecule has 0 unspecified atom stereocenters. The molecule has 10 heteroatoms. The van der Waals surface area contributed by atoms with Crippen molar-refractivity contribution < 1.29 is 27.4 Å². The van der Waals surface area contributed by atoms with Crippen molar-refractivity contribution in [3.63, 3.8) is 0 Å². The lowest BCUT2D eigenvalue weighted by Gasteiger charge is -2.11. The highest BCUT2D eigenvalue weighted by molar-refractivity contribution is 5.75. The van der Waals surface area contributed by atoms with Gasteiger partial charge in [0.05, 0.1) is 24.9 Å². The maximum atomic E-state index is 12.7. The normalized spacial score (nSPS) is 11.1. The Labute approximate surface area is 181 Å². The first-order chi connectivity index (χ1) is 15.3. The third kappa shape index (κ3) is 6.10. The van der Waals surface area contributed by atoms with E-state index in [4.69, 9.17) is 9.47 Å². The molecule has 3 aromatic rings. The van der Waals surface area contributed by atoms with Crippen molar-refractivity contribution in [3.05, 3.63) is 76.6 Å². The van der Waals surface area contributed by atoms with E-state index in [-0.39, 0.29) is 25.4 Å². The molecule has 1 N–H and O–H groups in total. The fourth-order valence-electron chi connectivity index (χ4n) is 2.81. The van der Waals surface area contributed by atoms with E-state index in [2.05, 4.69) is 10.4 Å². The Morgan fingerprint density at radius 2 is 1.81 bits per heavy atom. The monoisotopic (exact) mass is 447 g/mol. The second-order valence-corrected chi connectivity index (χ2v) is 6.67. The van der Waals surface area contributed by atoms with Crippen LogP contribution >= 0.6 is 0 Å². The number of halogens is 3. The molecule has 7 nitrogen and oxygen atoms in total. The van der Waals surface area contributed by atoms with Gasteiger partial charge in [0.25, 0.3) is 5.56 Å². The van der Waals surface area contributed by atoms with E-state index >= 15 is 0 Å². The second kappa shape index (κ2) is 9.99. The predicted molar refractivity (Wildman–Crippen MR) is 110 cm³/mol. The number of hydrogen-bond donors (Lipinski definition) is 1. The van der Waals surface area contributed by atoms with E-state index in [1.54, 1.807) is 30.3 Å². The molecule has 0 aliphatic rings. The lowest BCUT2D eigenvalue weighted by atomic mass is 10.1. The molecule has 1 amide bonds. The van der Waals surface area contributed by atoms with Gasteiger partial charge in [-0.1, -0.05) is 18.2 Å². The van der Waals surface area contributed by atoms with Crippen molar-refractivity contribution in [2.75, 3.05) is 20.3 Å². The summed E-state index contributed by atoms with van der Waals surface area (Å²) in [6, 6.07) is 14.4. The summed E-state index contributed by atoms with van der Waals surface area (Å²) in [7, 11) is 1.54. The Kier molecular flexibility index (Phi) is 7.14. The van der Waals surface area contributed by atoms with E-state index in [9.17, 15) is 22.8 Å². The average molecular weight is 447 g/mol. The first-order valence-corrected chi connectivity index (χ1v) is 9.55. The molecule has 3 rings (SSSR count). The smallest absolute Gasteiger partial charge is 0.416 e. The van der Waals surface area contributed by atoms with Crippen LogP contribution in [0.15, 0.2) is 65.5 Å². The van der Waals surface area contributed by atoms with Crippen molar-refractivity contribution in [3.8, 4) is 22.8 Å². The Balaban J connectivity index is 1.55. The molecule has 0 atom stereocenters. The Hall–Kier alpha value is -3.82. The molecule has 0 saturated carbocycles. The third-order valence-corrected chi connectivity index (χ3v) is 4.38. The number of aromatic nitrogens is 2. The maximum Gasteiger partial charge on any atom is 0.416 e. The van der Waals surface area contributed by atoms with Crippen molar-refractivity contribution in [1.82, 2.24) is 15.1 Å². The largest absolute Gasteiger partial charge is 0.497 e. The lowest BCUT2D eigenvalue weighted by molar-refractivity contribution is -0.137. The molecule has 0 fully saturated rings. The van der Waals surface area contributed by atoms with Gasteiger partial charge in [0.15, 0.2) is 0 Å². The van der Waals surface area contributed by atoms with Crippen LogP contribution < -0.4 is 20.3 Å². The van der Waals surface area contributed by atoms with Crippen LogP contribution in [0.2, 0.25) is 0 Å². The van der Waals surface area contributed by atoms with Crippen LogP contribution in [0.25, 0.3) is 11.3 Å². The minimum atomic E-state index is -4.47. The zero-order valence-corrected chi connectivity index (χ0v) is 17.1. The SMILES string of the molecule is COc1cccc(-c2ccc(=O)n(CC(=O)NCCOc3cccc(C(F)(F)F)c3)n2)c1. The number of hydrogen-bond acceptors (Lipinski definition) is 5. The fraction of sp³-hybridized carbons (Fsp3) is 0.227. The van der Waals surface area contributed by atoms with Gasteiger partial charge in [0.2, 0.25) is 5.91 Å². The Morgan fingerprint density at radius 3 is 2.56 bits per heavy atom. The molecule has 0 radical (unpaired) electrons. The standard InChI is InChI=1S/C22H20F3N3O4/c1-31-17-6-2-4-15(12-17)19-8-9-21(30)28(27-19)14-20(29)26-10-11-32-18-7-3-5-16(13-18)22(23,24)25/h2-9,12-13H,10-11,14H2,1H3,(H,26,29). The molecule has 0 aliphatic carbocycles. The summed E-state index contributed by atoms with van der Waals surface area (Å²) < 4.78 is 49.6. The lowest BCUT2D eigenvalue weighted by Crippen LogP contribution is -2.35. The summed E-state index contributed by atoms with van der Waals surface area (Å²) in [6.07, 6.45) is -4.47. The molecule has 1 heterocycles. The first kappa shape index (κ1) is 22.9.